The molecule has 10 heteroatoms. The molecule has 0 aromatic heterocycles. The third-order valence-corrected chi connectivity index (χ3v) is 6.74. The Morgan fingerprint density at radius 1 is 1.34 bits per heavy atom. The molecule has 1 aliphatic heterocycles. The summed E-state index contributed by atoms with van der Waals surface area (Å²) in [7, 11) is 0. The molecule has 1 aromatic carbocycles. The normalized spacial score (nSPS) is 22.2. The van der Waals surface area contributed by atoms with Gasteiger partial charge in [-0.1, -0.05) is 25.5 Å². The number of benzene rings is 1. The van der Waals surface area contributed by atoms with Gasteiger partial charge < -0.3 is 15.0 Å². The summed E-state index contributed by atoms with van der Waals surface area (Å²) in [5.41, 5.74) is 0.867. The van der Waals surface area contributed by atoms with E-state index >= 15 is 0 Å². The second-order valence-corrected chi connectivity index (χ2v) is 8.64. The van der Waals surface area contributed by atoms with Crippen molar-refractivity contribution in [3.8, 4) is 0 Å². The summed E-state index contributed by atoms with van der Waals surface area (Å²) in [6.07, 6.45) is 1.54. The van der Waals surface area contributed by atoms with E-state index < -0.39 is 35.3 Å². The number of fused-ring (bicyclic) bond motifs is 1. The Labute approximate surface area is 183 Å². The number of imide groups is 1. The van der Waals surface area contributed by atoms with Gasteiger partial charge in [-0.05, 0) is 36.5 Å². The summed E-state index contributed by atoms with van der Waals surface area (Å²) < 4.78 is 32.2. The van der Waals surface area contributed by atoms with E-state index in [9.17, 15) is 28.0 Å². The van der Waals surface area contributed by atoms with E-state index in [4.69, 9.17) is 4.74 Å². The molecule has 0 saturated heterocycles. The first-order valence-electron chi connectivity index (χ1n) is 10.7. The van der Waals surface area contributed by atoms with Crippen LogP contribution in [0.1, 0.15) is 54.1 Å². The summed E-state index contributed by atoms with van der Waals surface area (Å²) in [5.74, 6) is -4.48. The molecule has 2 atom stereocenters. The topological polar surface area (TPSA) is 105 Å². The van der Waals surface area contributed by atoms with Crippen LogP contribution in [0.2, 0.25) is 0 Å². The van der Waals surface area contributed by atoms with Crippen LogP contribution in [0.4, 0.5) is 13.6 Å². The minimum Gasteiger partial charge on any atom is -0.449 e. The Morgan fingerprint density at radius 2 is 2.09 bits per heavy atom. The van der Waals surface area contributed by atoms with Gasteiger partial charge in [0.25, 0.3) is 11.8 Å². The standard InChI is InChI=1S/C22H25F2N3O5/c1-2-3-16(18(29)26-12-28)27-10-14-5-4-13(8-15(14)19(27)30)9-25-20(31)32-11-17-21(6-7-21)22(17,23)24/h4-5,8,12,16-17H,2-3,6-7,9-11H2,1H3,(H,25,31)(H,26,28,29). The van der Waals surface area contributed by atoms with Crippen LogP contribution >= 0.6 is 0 Å². The summed E-state index contributed by atoms with van der Waals surface area (Å²) in [6.45, 7) is 1.89. The Balaban J connectivity index is 1.33. The molecular formula is C22H25F2N3O5. The number of nitrogens with zero attached hydrogens (tertiary/aromatic N) is 1. The predicted octanol–water partition coefficient (Wildman–Crippen LogP) is 2.36. The molecule has 0 bridgehead atoms. The van der Waals surface area contributed by atoms with E-state index in [1.54, 1.807) is 18.2 Å². The van der Waals surface area contributed by atoms with Crippen LogP contribution in [0.3, 0.4) is 0 Å². The molecule has 1 heterocycles. The number of carbonyl (C=O) groups is 4. The van der Waals surface area contributed by atoms with Crippen LogP contribution in [0, 0.1) is 11.3 Å². The number of rotatable bonds is 9. The quantitative estimate of drug-likeness (QED) is 0.563. The lowest BCUT2D eigenvalue weighted by molar-refractivity contribution is -0.129. The van der Waals surface area contributed by atoms with E-state index in [-0.39, 0.29) is 25.6 Å². The third-order valence-electron chi connectivity index (χ3n) is 6.74. The zero-order valence-corrected chi connectivity index (χ0v) is 17.7. The van der Waals surface area contributed by atoms with Gasteiger partial charge in [-0.3, -0.25) is 19.7 Å². The highest BCUT2D eigenvalue weighted by atomic mass is 19.3. The summed E-state index contributed by atoms with van der Waals surface area (Å²) in [5, 5.41) is 4.63. The number of ether oxygens (including phenoxy) is 1. The maximum absolute atomic E-state index is 13.6. The smallest absolute Gasteiger partial charge is 0.407 e. The second kappa shape index (κ2) is 8.14. The largest absolute Gasteiger partial charge is 0.449 e. The first-order valence-corrected chi connectivity index (χ1v) is 10.7. The summed E-state index contributed by atoms with van der Waals surface area (Å²) >= 11 is 0. The van der Waals surface area contributed by atoms with Gasteiger partial charge in [-0.2, -0.15) is 0 Å². The van der Waals surface area contributed by atoms with Crippen molar-refractivity contribution in [1.29, 1.82) is 0 Å². The van der Waals surface area contributed by atoms with Gasteiger partial charge in [0.05, 0.1) is 5.92 Å². The van der Waals surface area contributed by atoms with Crippen molar-refractivity contribution in [2.45, 2.75) is 57.7 Å². The van der Waals surface area contributed by atoms with Crippen molar-refractivity contribution < 1.29 is 32.7 Å². The van der Waals surface area contributed by atoms with Crippen LogP contribution in [0.25, 0.3) is 0 Å². The molecule has 2 aliphatic carbocycles. The van der Waals surface area contributed by atoms with E-state index in [2.05, 4.69) is 10.6 Å². The first-order chi connectivity index (χ1) is 15.2. The lowest BCUT2D eigenvalue weighted by Gasteiger charge is -2.25. The highest BCUT2D eigenvalue weighted by Crippen LogP contribution is 2.79. The Kier molecular flexibility index (Phi) is 5.64. The van der Waals surface area contributed by atoms with Gasteiger partial charge in [0.1, 0.15) is 12.6 Å². The molecule has 0 radical (unpaired) electrons. The van der Waals surface area contributed by atoms with E-state index in [0.29, 0.717) is 43.2 Å². The number of nitrogens with one attached hydrogen (secondary N) is 2. The fraction of sp³-hybridized carbons (Fsp3) is 0.545. The average Bonchev–Trinajstić information content (AvgIpc) is 3.60. The lowest BCUT2D eigenvalue weighted by atomic mass is 10.1. The third kappa shape index (κ3) is 3.71. The first kappa shape index (κ1) is 22.2. The Bertz CT molecular complexity index is 959. The second-order valence-electron chi connectivity index (χ2n) is 8.64. The number of alkyl halides is 2. The molecule has 172 valence electrons. The fourth-order valence-corrected chi connectivity index (χ4v) is 4.64. The molecule has 8 nitrogen and oxygen atoms in total. The van der Waals surface area contributed by atoms with E-state index in [1.165, 1.54) is 4.90 Å². The van der Waals surface area contributed by atoms with Gasteiger partial charge in [0.15, 0.2) is 0 Å². The molecule has 2 N–H and O–H groups in total. The summed E-state index contributed by atoms with van der Waals surface area (Å²) in [6, 6.07) is 4.37. The Hall–Kier alpha value is -3.04. The zero-order chi connectivity index (χ0) is 23.1. The van der Waals surface area contributed by atoms with Gasteiger partial charge >= 0.3 is 6.09 Å². The number of carbonyl (C=O) groups excluding carboxylic acids is 4. The average molecular weight is 449 g/mol. The highest BCUT2D eigenvalue weighted by Gasteiger charge is 2.86. The highest BCUT2D eigenvalue weighted by molar-refractivity contribution is 6.02. The van der Waals surface area contributed by atoms with Gasteiger partial charge in [0, 0.05) is 24.1 Å². The molecule has 2 unspecified atom stereocenters. The van der Waals surface area contributed by atoms with Crippen molar-refractivity contribution >= 4 is 24.3 Å². The molecule has 4 rings (SSSR count). The molecule has 2 fully saturated rings. The maximum Gasteiger partial charge on any atom is 0.407 e. The number of halogens is 2. The van der Waals surface area contributed by atoms with Crippen LogP contribution in [-0.4, -0.2) is 47.8 Å². The van der Waals surface area contributed by atoms with Gasteiger partial charge in [-0.25, -0.2) is 13.6 Å². The SMILES string of the molecule is CCCC(C(=O)NC=O)N1Cc2ccc(CNC(=O)OCC3C(F)(F)C34CC4)cc2C1=O. The van der Waals surface area contributed by atoms with Gasteiger partial charge in [-0.15, -0.1) is 0 Å². The van der Waals surface area contributed by atoms with Crippen molar-refractivity contribution in [3.63, 3.8) is 0 Å². The van der Waals surface area contributed by atoms with Crippen molar-refractivity contribution in [2.24, 2.45) is 11.3 Å². The number of amides is 4. The maximum atomic E-state index is 13.6. The lowest BCUT2D eigenvalue weighted by Crippen LogP contribution is -2.46. The predicted molar refractivity (Wildman–Crippen MR) is 108 cm³/mol. The molecule has 4 amide bonds. The molecule has 2 saturated carbocycles. The van der Waals surface area contributed by atoms with Crippen LogP contribution in [-0.2, 0) is 27.4 Å². The van der Waals surface area contributed by atoms with Crippen LogP contribution < -0.4 is 10.6 Å². The minimum atomic E-state index is -2.74. The van der Waals surface area contributed by atoms with E-state index in [0.717, 1.165) is 5.56 Å². The van der Waals surface area contributed by atoms with E-state index in [1.807, 2.05) is 6.92 Å². The number of hydrogen-bond donors (Lipinski definition) is 2. The number of hydrogen-bond acceptors (Lipinski definition) is 5. The molecular weight excluding hydrogens is 424 g/mol. The monoisotopic (exact) mass is 449 g/mol. The molecule has 32 heavy (non-hydrogen) atoms. The molecule has 1 aromatic rings. The zero-order valence-electron chi connectivity index (χ0n) is 17.7. The Morgan fingerprint density at radius 3 is 2.72 bits per heavy atom. The van der Waals surface area contributed by atoms with Crippen molar-refractivity contribution in [2.75, 3.05) is 6.61 Å². The molecule has 3 aliphatic rings. The number of alkyl carbamates (subject to hydrolysis) is 1. The fourth-order valence-electron chi connectivity index (χ4n) is 4.64. The van der Waals surface area contributed by atoms with Crippen molar-refractivity contribution in [3.05, 3.63) is 34.9 Å². The van der Waals surface area contributed by atoms with Gasteiger partial charge in [0.2, 0.25) is 12.3 Å². The van der Waals surface area contributed by atoms with Crippen molar-refractivity contribution in [1.82, 2.24) is 15.5 Å². The van der Waals surface area contributed by atoms with Crippen LogP contribution in [0.15, 0.2) is 18.2 Å². The van der Waals surface area contributed by atoms with Crippen LogP contribution in [0.5, 0.6) is 0 Å². The summed E-state index contributed by atoms with van der Waals surface area (Å²) in [4.78, 5) is 49.1. The molecule has 1 spiro atoms. The minimum absolute atomic E-state index is 0.0651.